The minimum absolute atomic E-state index is 0.0141. The van der Waals surface area contributed by atoms with Gasteiger partial charge in [0.1, 0.15) is 11.0 Å². The van der Waals surface area contributed by atoms with Crippen LogP contribution in [0.5, 0.6) is 5.75 Å². The Morgan fingerprint density at radius 3 is 2.57 bits per heavy atom. The molecule has 0 aliphatic rings. The fourth-order valence-electron chi connectivity index (χ4n) is 3.90. The van der Waals surface area contributed by atoms with Crippen molar-refractivity contribution >= 4 is 38.6 Å². The van der Waals surface area contributed by atoms with Crippen LogP contribution in [-0.2, 0) is 20.8 Å². The zero-order valence-corrected chi connectivity index (χ0v) is 22.4. The van der Waals surface area contributed by atoms with Crippen LogP contribution in [0, 0.1) is 12.8 Å². The van der Waals surface area contributed by atoms with Gasteiger partial charge in [-0.05, 0) is 42.7 Å². The molecule has 4 rings (SSSR count). The number of benzene rings is 1. The van der Waals surface area contributed by atoms with Crippen LogP contribution >= 0.6 is 11.6 Å². The number of fused-ring (bicyclic) bond motifs is 1. The van der Waals surface area contributed by atoms with Crippen molar-refractivity contribution in [2.75, 3.05) is 18.9 Å². The normalized spacial score (nSPS) is 12.8. The lowest BCUT2D eigenvalue weighted by Crippen LogP contribution is -2.21. The first-order chi connectivity index (χ1) is 17.7. The number of unbranched alkanes of at least 4 members (excludes halogenated alkanes) is 1. The van der Waals surface area contributed by atoms with E-state index in [-0.39, 0.29) is 40.7 Å². The summed E-state index contributed by atoms with van der Waals surface area (Å²) in [5, 5.41) is 7.69. The van der Waals surface area contributed by atoms with Gasteiger partial charge in [0, 0.05) is 12.5 Å². The number of hydrogen-bond acceptors (Lipinski definition) is 10. The summed E-state index contributed by atoms with van der Waals surface area (Å²) in [6.07, 6.45) is 4.09. The van der Waals surface area contributed by atoms with Gasteiger partial charge in [0.15, 0.2) is 28.2 Å². The standard InChI is InChI=1S/C24H29ClN6O5S/c1-4-6-7-16(14-35-37(32,33)17-10-8-15(3)9-11-17)13-34-18-12-27-22(25)19-21(18)31(5-2)24(28-19)20-23(26)30-36-29-20/h8-12,16H,4-7,13-14H2,1-3H3,(H2,26,30). The van der Waals surface area contributed by atoms with Gasteiger partial charge in [-0.25, -0.2) is 14.6 Å². The topological polar surface area (TPSA) is 148 Å². The highest BCUT2D eigenvalue weighted by Crippen LogP contribution is 2.35. The third-order valence-electron chi connectivity index (χ3n) is 5.94. The van der Waals surface area contributed by atoms with Crippen molar-refractivity contribution in [2.24, 2.45) is 5.92 Å². The molecular weight excluding hydrogens is 520 g/mol. The third-order valence-corrected chi connectivity index (χ3v) is 7.51. The second-order valence-corrected chi connectivity index (χ2v) is 10.6. The van der Waals surface area contributed by atoms with E-state index in [1.807, 2.05) is 18.4 Å². The van der Waals surface area contributed by atoms with E-state index in [1.54, 1.807) is 24.3 Å². The Hall–Kier alpha value is -3.22. The van der Waals surface area contributed by atoms with Gasteiger partial charge in [-0.2, -0.15) is 8.42 Å². The number of ether oxygens (including phenoxy) is 1. The lowest BCUT2D eigenvalue weighted by Gasteiger charge is -2.18. The number of nitrogens with zero attached hydrogens (tertiary/aromatic N) is 5. The first-order valence-electron chi connectivity index (χ1n) is 12.0. The first kappa shape index (κ1) is 26.8. The van der Waals surface area contributed by atoms with Crippen LogP contribution < -0.4 is 10.5 Å². The molecule has 0 saturated carbocycles. The van der Waals surface area contributed by atoms with Gasteiger partial charge in [0.2, 0.25) is 0 Å². The van der Waals surface area contributed by atoms with Crippen molar-refractivity contribution in [3.05, 3.63) is 41.2 Å². The predicted molar refractivity (Wildman–Crippen MR) is 139 cm³/mol. The second kappa shape index (κ2) is 11.4. The average molecular weight is 549 g/mol. The van der Waals surface area contributed by atoms with E-state index < -0.39 is 10.1 Å². The number of aromatic nitrogens is 5. The molecule has 0 radical (unpaired) electrons. The van der Waals surface area contributed by atoms with Gasteiger partial charge in [0.25, 0.3) is 10.1 Å². The molecule has 37 heavy (non-hydrogen) atoms. The van der Waals surface area contributed by atoms with E-state index in [0.717, 1.165) is 24.8 Å². The van der Waals surface area contributed by atoms with Gasteiger partial charge >= 0.3 is 0 Å². The molecule has 1 aromatic carbocycles. The molecule has 1 unspecified atom stereocenters. The Morgan fingerprint density at radius 2 is 1.92 bits per heavy atom. The Balaban J connectivity index is 1.57. The number of aryl methyl sites for hydroxylation is 2. The number of hydrogen-bond donors (Lipinski definition) is 1. The minimum Gasteiger partial charge on any atom is -0.489 e. The summed E-state index contributed by atoms with van der Waals surface area (Å²) >= 11 is 6.35. The number of pyridine rings is 1. The first-order valence-corrected chi connectivity index (χ1v) is 13.8. The Kier molecular flexibility index (Phi) is 8.30. The smallest absolute Gasteiger partial charge is 0.296 e. The number of nitrogen functional groups attached to an aromatic ring is 1. The van der Waals surface area contributed by atoms with Gasteiger partial charge < -0.3 is 15.0 Å². The molecular formula is C24H29ClN6O5S. The largest absolute Gasteiger partial charge is 0.489 e. The van der Waals surface area contributed by atoms with Crippen molar-refractivity contribution in [3.63, 3.8) is 0 Å². The molecule has 198 valence electrons. The quantitative estimate of drug-likeness (QED) is 0.196. The summed E-state index contributed by atoms with van der Waals surface area (Å²) in [5.41, 5.74) is 8.18. The molecule has 4 aromatic rings. The fraction of sp³-hybridized carbons (Fsp3) is 0.417. The Bertz CT molecular complexity index is 1470. The molecule has 13 heteroatoms. The maximum atomic E-state index is 12.7. The second-order valence-electron chi connectivity index (χ2n) is 8.66. The van der Waals surface area contributed by atoms with Crippen molar-refractivity contribution in [1.82, 2.24) is 24.8 Å². The molecule has 3 aromatic heterocycles. The zero-order chi connectivity index (χ0) is 26.6. The van der Waals surface area contributed by atoms with Crippen LogP contribution in [0.3, 0.4) is 0 Å². The number of anilines is 1. The molecule has 2 N–H and O–H groups in total. The third kappa shape index (κ3) is 5.86. The summed E-state index contributed by atoms with van der Waals surface area (Å²) in [6.45, 7) is 6.59. The van der Waals surface area contributed by atoms with E-state index in [1.165, 1.54) is 6.20 Å². The van der Waals surface area contributed by atoms with E-state index in [4.69, 9.17) is 30.9 Å². The van der Waals surface area contributed by atoms with E-state index in [2.05, 4.69) is 27.2 Å². The molecule has 0 aliphatic heterocycles. The Labute approximate surface area is 220 Å². The minimum atomic E-state index is -3.89. The van der Waals surface area contributed by atoms with Crippen LogP contribution in [0.25, 0.3) is 22.6 Å². The van der Waals surface area contributed by atoms with Crippen LogP contribution in [0.1, 0.15) is 38.7 Å². The van der Waals surface area contributed by atoms with Crippen molar-refractivity contribution in [1.29, 1.82) is 0 Å². The summed E-state index contributed by atoms with van der Waals surface area (Å²) < 4.78 is 43.6. The van der Waals surface area contributed by atoms with Gasteiger partial charge in [-0.3, -0.25) is 4.18 Å². The van der Waals surface area contributed by atoms with Gasteiger partial charge in [-0.15, -0.1) is 0 Å². The average Bonchev–Trinajstić information content (AvgIpc) is 3.48. The lowest BCUT2D eigenvalue weighted by molar-refractivity contribution is 0.171. The van der Waals surface area contributed by atoms with E-state index >= 15 is 0 Å². The fourth-order valence-corrected chi connectivity index (χ4v) is 5.06. The number of rotatable bonds is 12. The van der Waals surface area contributed by atoms with Crippen molar-refractivity contribution in [2.45, 2.75) is 51.5 Å². The Morgan fingerprint density at radius 1 is 1.16 bits per heavy atom. The maximum Gasteiger partial charge on any atom is 0.296 e. The van der Waals surface area contributed by atoms with Crippen molar-refractivity contribution in [3.8, 4) is 17.3 Å². The molecule has 11 nitrogen and oxygen atoms in total. The molecule has 1 atom stereocenters. The summed E-state index contributed by atoms with van der Waals surface area (Å²) in [6, 6.07) is 6.55. The van der Waals surface area contributed by atoms with Crippen molar-refractivity contribution < 1.29 is 22.0 Å². The zero-order valence-electron chi connectivity index (χ0n) is 20.8. The SMILES string of the molecule is CCCCC(COc1cnc(Cl)c2nc(-c3nonc3N)n(CC)c12)COS(=O)(=O)c1ccc(C)cc1. The predicted octanol–water partition coefficient (Wildman–Crippen LogP) is 4.64. The molecule has 0 amide bonds. The molecule has 0 spiro atoms. The molecule has 0 bridgehead atoms. The number of halogens is 1. The number of imidazole rings is 1. The molecule has 0 fully saturated rings. The van der Waals surface area contributed by atoms with E-state index in [0.29, 0.717) is 29.2 Å². The van der Waals surface area contributed by atoms with Crippen LogP contribution in [0.15, 0.2) is 40.0 Å². The van der Waals surface area contributed by atoms with Gasteiger partial charge in [-0.1, -0.05) is 49.1 Å². The summed E-state index contributed by atoms with van der Waals surface area (Å²) in [5.74, 6) is 0.783. The molecule has 0 aliphatic carbocycles. The monoisotopic (exact) mass is 548 g/mol. The highest BCUT2D eigenvalue weighted by Gasteiger charge is 2.24. The summed E-state index contributed by atoms with van der Waals surface area (Å²) in [4.78, 5) is 8.92. The number of nitrogens with two attached hydrogens (primary N) is 1. The van der Waals surface area contributed by atoms with Gasteiger partial charge in [0.05, 0.1) is 24.3 Å². The lowest BCUT2D eigenvalue weighted by atomic mass is 10.0. The summed E-state index contributed by atoms with van der Waals surface area (Å²) in [7, 11) is -3.89. The highest BCUT2D eigenvalue weighted by molar-refractivity contribution is 7.86. The van der Waals surface area contributed by atoms with Crippen LogP contribution in [0.4, 0.5) is 5.82 Å². The van der Waals surface area contributed by atoms with Crippen LogP contribution in [0.2, 0.25) is 5.15 Å². The van der Waals surface area contributed by atoms with E-state index in [9.17, 15) is 8.42 Å². The van der Waals surface area contributed by atoms with Crippen LogP contribution in [-0.4, -0.2) is 46.5 Å². The highest BCUT2D eigenvalue weighted by atomic mass is 35.5. The molecule has 3 heterocycles. The molecule has 0 saturated heterocycles. The maximum absolute atomic E-state index is 12.7.